The maximum absolute atomic E-state index is 14.6. The fourth-order valence-electron chi connectivity index (χ4n) is 3.04. The number of ether oxygens (including phenoxy) is 1. The molecule has 1 amide bonds. The summed E-state index contributed by atoms with van der Waals surface area (Å²) in [5.41, 5.74) is 0.435. The van der Waals surface area contributed by atoms with Crippen LogP contribution in [0.25, 0.3) is 11.3 Å². The maximum Gasteiger partial charge on any atom is 0.410 e. The lowest BCUT2D eigenvalue weighted by molar-refractivity contribution is 0.0240. The standard InChI is InChI=1S/C20H23FN2O4/c1-20(2,3)27-19(25)23-11-9-22(10-12-23)18-15(5-4-6-16(18)21)17-8-7-14(13-24)26-17/h4-8,13H,9-12H2,1-3H3. The number of carbonyl (C=O) groups excluding carboxylic acids is 2. The lowest BCUT2D eigenvalue weighted by Crippen LogP contribution is -2.50. The van der Waals surface area contributed by atoms with Crippen LogP contribution in [0.2, 0.25) is 0 Å². The van der Waals surface area contributed by atoms with Gasteiger partial charge in [-0.1, -0.05) is 6.07 Å². The maximum atomic E-state index is 14.6. The average molecular weight is 374 g/mol. The number of amides is 1. The molecule has 1 aliphatic heterocycles. The Balaban J connectivity index is 1.78. The second-order valence-electron chi connectivity index (χ2n) is 7.41. The van der Waals surface area contributed by atoms with E-state index in [2.05, 4.69) is 0 Å². The Morgan fingerprint density at radius 2 is 1.85 bits per heavy atom. The van der Waals surface area contributed by atoms with Gasteiger partial charge in [0, 0.05) is 31.7 Å². The molecule has 144 valence electrons. The van der Waals surface area contributed by atoms with E-state index in [0.717, 1.165) is 0 Å². The van der Waals surface area contributed by atoms with Gasteiger partial charge in [-0.3, -0.25) is 4.79 Å². The molecule has 2 aromatic rings. The minimum atomic E-state index is -0.553. The number of benzene rings is 1. The number of hydrogen-bond acceptors (Lipinski definition) is 5. The molecule has 0 N–H and O–H groups in total. The Morgan fingerprint density at radius 1 is 1.15 bits per heavy atom. The normalized spacial score (nSPS) is 15.0. The number of halogens is 1. The highest BCUT2D eigenvalue weighted by molar-refractivity contribution is 5.79. The molecule has 0 saturated carbocycles. The summed E-state index contributed by atoms with van der Waals surface area (Å²) in [5, 5.41) is 0. The number of anilines is 1. The molecule has 0 spiro atoms. The number of hydrogen-bond donors (Lipinski definition) is 0. The number of piperazine rings is 1. The first-order valence-corrected chi connectivity index (χ1v) is 8.85. The van der Waals surface area contributed by atoms with Crippen molar-refractivity contribution in [3.63, 3.8) is 0 Å². The summed E-state index contributed by atoms with van der Waals surface area (Å²) in [6.45, 7) is 7.26. The number of carbonyl (C=O) groups is 2. The highest BCUT2D eigenvalue weighted by Gasteiger charge is 2.28. The van der Waals surface area contributed by atoms with Crippen molar-refractivity contribution < 1.29 is 23.1 Å². The van der Waals surface area contributed by atoms with Gasteiger partial charge in [0.1, 0.15) is 17.2 Å². The molecule has 1 saturated heterocycles. The van der Waals surface area contributed by atoms with E-state index in [4.69, 9.17) is 9.15 Å². The molecule has 27 heavy (non-hydrogen) atoms. The first kappa shape index (κ1) is 18.9. The molecule has 3 rings (SSSR count). The van der Waals surface area contributed by atoms with Gasteiger partial charge in [0.2, 0.25) is 0 Å². The summed E-state index contributed by atoms with van der Waals surface area (Å²) in [7, 11) is 0. The van der Waals surface area contributed by atoms with Crippen LogP contribution >= 0.6 is 0 Å². The van der Waals surface area contributed by atoms with E-state index >= 15 is 0 Å². The van der Waals surface area contributed by atoms with Crippen LogP contribution in [-0.4, -0.2) is 49.1 Å². The number of aldehydes is 1. The summed E-state index contributed by atoms with van der Waals surface area (Å²) >= 11 is 0. The zero-order valence-electron chi connectivity index (χ0n) is 15.7. The first-order valence-electron chi connectivity index (χ1n) is 8.85. The third-order valence-corrected chi connectivity index (χ3v) is 4.24. The van der Waals surface area contributed by atoms with E-state index < -0.39 is 5.60 Å². The van der Waals surface area contributed by atoms with Crippen molar-refractivity contribution in [2.75, 3.05) is 31.1 Å². The van der Waals surface area contributed by atoms with Crippen molar-refractivity contribution in [1.29, 1.82) is 0 Å². The molecule has 0 bridgehead atoms. The SMILES string of the molecule is CC(C)(C)OC(=O)N1CCN(c2c(F)cccc2-c2ccc(C=O)o2)CC1. The number of furan rings is 1. The second-order valence-corrected chi connectivity index (χ2v) is 7.41. The Kier molecular flexibility index (Phi) is 5.21. The molecule has 1 aromatic heterocycles. The molecular weight excluding hydrogens is 351 g/mol. The molecule has 0 radical (unpaired) electrons. The van der Waals surface area contributed by atoms with Crippen LogP contribution in [0.15, 0.2) is 34.7 Å². The van der Waals surface area contributed by atoms with Crippen molar-refractivity contribution in [3.8, 4) is 11.3 Å². The van der Waals surface area contributed by atoms with Crippen molar-refractivity contribution in [1.82, 2.24) is 4.90 Å². The Hall–Kier alpha value is -2.83. The topological polar surface area (TPSA) is 63.0 Å². The van der Waals surface area contributed by atoms with Crippen LogP contribution < -0.4 is 4.90 Å². The fraction of sp³-hybridized carbons (Fsp3) is 0.400. The van der Waals surface area contributed by atoms with Gasteiger partial charge >= 0.3 is 6.09 Å². The quantitative estimate of drug-likeness (QED) is 0.761. The number of nitrogens with zero attached hydrogens (tertiary/aromatic N) is 2. The van der Waals surface area contributed by atoms with Crippen LogP contribution in [0, 0.1) is 5.82 Å². The van der Waals surface area contributed by atoms with Crippen molar-refractivity contribution in [2.45, 2.75) is 26.4 Å². The Labute approximate surface area is 157 Å². The molecule has 6 nitrogen and oxygen atoms in total. The van der Waals surface area contributed by atoms with Gasteiger partial charge in [-0.05, 0) is 45.0 Å². The average Bonchev–Trinajstić information content (AvgIpc) is 3.09. The van der Waals surface area contributed by atoms with Crippen LogP contribution in [0.1, 0.15) is 31.3 Å². The number of para-hydroxylation sites is 1. The Morgan fingerprint density at radius 3 is 2.44 bits per heavy atom. The molecular formula is C20H23FN2O4. The summed E-state index contributed by atoms with van der Waals surface area (Å²) in [6.07, 6.45) is 0.250. The predicted molar refractivity (Wildman–Crippen MR) is 99.5 cm³/mol. The molecule has 0 atom stereocenters. The zero-order chi connectivity index (χ0) is 19.6. The van der Waals surface area contributed by atoms with E-state index in [1.54, 1.807) is 29.2 Å². The third kappa shape index (κ3) is 4.30. The zero-order valence-corrected chi connectivity index (χ0v) is 15.7. The van der Waals surface area contributed by atoms with E-state index in [-0.39, 0.29) is 17.7 Å². The molecule has 0 aliphatic carbocycles. The van der Waals surface area contributed by atoms with Gasteiger partial charge < -0.3 is 19.0 Å². The summed E-state index contributed by atoms with van der Waals surface area (Å²) in [5.74, 6) is 0.249. The van der Waals surface area contributed by atoms with E-state index in [1.807, 2.05) is 25.7 Å². The minimum Gasteiger partial charge on any atom is -0.453 e. The molecule has 0 unspecified atom stereocenters. The van der Waals surface area contributed by atoms with Crippen molar-refractivity contribution in [2.24, 2.45) is 0 Å². The van der Waals surface area contributed by atoms with Crippen molar-refractivity contribution >= 4 is 18.1 Å². The number of rotatable bonds is 3. The minimum absolute atomic E-state index is 0.190. The van der Waals surface area contributed by atoms with Gasteiger partial charge in [-0.2, -0.15) is 0 Å². The van der Waals surface area contributed by atoms with Crippen molar-refractivity contribution in [3.05, 3.63) is 41.9 Å². The van der Waals surface area contributed by atoms with Gasteiger partial charge in [0.25, 0.3) is 0 Å². The van der Waals surface area contributed by atoms with Gasteiger partial charge in [0.15, 0.2) is 12.0 Å². The highest BCUT2D eigenvalue weighted by atomic mass is 19.1. The highest BCUT2D eigenvalue weighted by Crippen LogP contribution is 2.34. The monoisotopic (exact) mass is 374 g/mol. The van der Waals surface area contributed by atoms with Gasteiger partial charge in [0.05, 0.1) is 5.69 Å². The lowest BCUT2D eigenvalue weighted by atomic mass is 10.1. The van der Waals surface area contributed by atoms with E-state index in [0.29, 0.717) is 49.5 Å². The van der Waals surface area contributed by atoms with Crippen LogP contribution in [0.3, 0.4) is 0 Å². The largest absolute Gasteiger partial charge is 0.453 e. The summed E-state index contributed by atoms with van der Waals surface area (Å²) in [4.78, 5) is 26.6. The predicted octanol–water partition coefficient (Wildman–Crippen LogP) is 3.96. The van der Waals surface area contributed by atoms with E-state index in [1.165, 1.54) is 6.07 Å². The molecule has 1 aromatic carbocycles. The molecule has 2 heterocycles. The summed E-state index contributed by atoms with van der Waals surface area (Å²) in [6, 6.07) is 7.96. The lowest BCUT2D eigenvalue weighted by Gasteiger charge is -2.37. The fourth-order valence-corrected chi connectivity index (χ4v) is 3.04. The third-order valence-electron chi connectivity index (χ3n) is 4.24. The molecule has 1 fully saturated rings. The van der Waals surface area contributed by atoms with Crippen LogP contribution in [0.4, 0.5) is 14.9 Å². The Bertz CT molecular complexity index is 833. The van der Waals surface area contributed by atoms with E-state index in [9.17, 15) is 14.0 Å². The smallest absolute Gasteiger partial charge is 0.410 e. The summed E-state index contributed by atoms with van der Waals surface area (Å²) < 4.78 is 25.5. The molecule has 1 aliphatic rings. The molecule has 7 heteroatoms. The van der Waals surface area contributed by atoms with Gasteiger partial charge in [-0.15, -0.1) is 0 Å². The van der Waals surface area contributed by atoms with Crippen LogP contribution in [0.5, 0.6) is 0 Å². The second kappa shape index (κ2) is 7.42. The van der Waals surface area contributed by atoms with Crippen LogP contribution in [-0.2, 0) is 4.74 Å². The van der Waals surface area contributed by atoms with Gasteiger partial charge in [-0.25, -0.2) is 9.18 Å². The first-order chi connectivity index (χ1) is 12.8.